The Morgan fingerprint density at radius 2 is 2.30 bits per heavy atom. The van der Waals surface area contributed by atoms with Crippen molar-refractivity contribution in [1.29, 1.82) is 0 Å². The average Bonchev–Trinajstić information content (AvgIpc) is 2.89. The molecule has 1 aliphatic rings. The molecular formula is C16H23BrN2O. The van der Waals surface area contributed by atoms with Crippen LogP contribution in [0, 0.1) is 12.8 Å². The van der Waals surface area contributed by atoms with Crippen LogP contribution in [-0.2, 0) is 11.2 Å². The summed E-state index contributed by atoms with van der Waals surface area (Å²) in [6.07, 6.45) is 2.58. The number of amides is 1. The van der Waals surface area contributed by atoms with Gasteiger partial charge in [-0.15, -0.1) is 0 Å². The zero-order chi connectivity index (χ0) is 14.5. The highest BCUT2D eigenvalue weighted by Crippen LogP contribution is 2.20. The zero-order valence-corrected chi connectivity index (χ0v) is 13.9. The number of hydrogen-bond acceptors (Lipinski definition) is 2. The zero-order valence-electron chi connectivity index (χ0n) is 12.3. The van der Waals surface area contributed by atoms with Gasteiger partial charge in [0.1, 0.15) is 0 Å². The molecule has 0 aliphatic carbocycles. The van der Waals surface area contributed by atoms with E-state index in [4.69, 9.17) is 0 Å². The Kier molecular flexibility index (Phi) is 5.61. The lowest BCUT2D eigenvalue weighted by Crippen LogP contribution is -2.30. The molecule has 1 fully saturated rings. The number of likely N-dealkylation sites (tertiary alicyclic amines) is 1. The summed E-state index contributed by atoms with van der Waals surface area (Å²) in [5.74, 6) is 0.919. The lowest BCUT2D eigenvalue weighted by Gasteiger charge is -2.16. The highest BCUT2D eigenvalue weighted by molar-refractivity contribution is 9.10. The molecule has 1 atom stereocenters. The van der Waals surface area contributed by atoms with E-state index in [1.807, 2.05) is 11.9 Å². The molecule has 4 heteroatoms. The summed E-state index contributed by atoms with van der Waals surface area (Å²) in [5.41, 5.74) is 2.47. The van der Waals surface area contributed by atoms with Crippen LogP contribution in [0.25, 0.3) is 0 Å². The lowest BCUT2D eigenvalue weighted by molar-refractivity contribution is -0.130. The van der Waals surface area contributed by atoms with Gasteiger partial charge in [-0.3, -0.25) is 4.79 Å². The Morgan fingerprint density at radius 3 is 3.00 bits per heavy atom. The topological polar surface area (TPSA) is 32.3 Å². The van der Waals surface area contributed by atoms with Crippen molar-refractivity contribution in [3.8, 4) is 0 Å². The quantitative estimate of drug-likeness (QED) is 0.895. The van der Waals surface area contributed by atoms with Crippen molar-refractivity contribution < 1.29 is 4.79 Å². The first kappa shape index (κ1) is 15.5. The van der Waals surface area contributed by atoms with Crippen molar-refractivity contribution in [3.63, 3.8) is 0 Å². The predicted molar refractivity (Wildman–Crippen MR) is 85.8 cm³/mol. The molecule has 0 radical (unpaired) electrons. The van der Waals surface area contributed by atoms with Crippen molar-refractivity contribution >= 4 is 21.8 Å². The summed E-state index contributed by atoms with van der Waals surface area (Å²) in [6.45, 7) is 4.93. The first-order chi connectivity index (χ1) is 9.60. The minimum atomic E-state index is 0.296. The Morgan fingerprint density at radius 1 is 1.50 bits per heavy atom. The van der Waals surface area contributed by atoms with Crippen LogP contribution >= 0.6 is 15.9 Å². The Balaban J connectivity index is 1.82. The second kappa shape index (κ2) is 7.23. The maximum absolute atomic E-state index is 12.2. The Bertz CT molecular complexity index is 476. The van der Waals surface area contributed by atoms with Gasteiger partial charge in [0.25, 0.3) is 0 Å². The summed E-state index contributed by atoms with van der Waals surface area (Å²) in [5, 5.41) is 3.20. The molecule has 1 aliphatic heterocycles. The van der Waals surface area contributed by atoms with E-state index < -0.39 is 0 Å². The number of aryl methyl sites for hydroxylation is 2. The highest BCUT2D eigenvalue weighted by atomic mass is 79.9. The number of hydrogen-bond donors (Lipinski definition) is 1. The Hall–Kier alpha value is -0.870. The summed E-state index contributed by atoms with van der Waals surface area (Å²) in [6, 6.07) is 6.32. The van der Waals surface area contributed by atoms with Crippen LogP contribution < -0.4 is 5.32 Å². The summed E-state index contributed by atoms with van der Waals surface area (Å²) in [7, 11) is 1.97. The molecule has 1 saturated heterocycles. The maximum atomic E-state index is 12.2. The van der Waals surface area contributed by atoms with Crippen LogP contribution in [0.1, 0.15) is 24.0 Å². The van der Waals surface area contributed by atoms with Gasteiger partial charge in [-0.05, 0) is 56.5 Å². The van der Waals surface area contributed by atoms with E-state index in [9.17, 15) is 4.79 Å². The minimum absolute atomic E-state index is 0.296. The third-order valence-electron chi connectivity index (χ3n) is 3.98. The van der Waals surface area contributed by atoms with Crippen molar-refractivity contribution in [1.82, 2.24) is 10.2 Å². The van der Waals surface area contributed by atoms with Crippen LogP contribution in [0.2, 0.25) is 0 Å². The number of rotatable bonds is 5. The molecular weight excluding hydrogens is 316 g/mol. The first-order valence-electron chi connectivity index (χ1n) is 7.27. The molecule has 0 aromatic heterocycles. The van der Waals surface area contributed by atoms with Gasteiger partial charge in [-0.25, -0.2) is 0 Å². The van der Waals surface area contributed by atoms with Gasteiger partial charge in [-0.1, -0.05) is 28.1 Å². The Labute approximate surface area is 129 Å². The number of carbonyl (C=O) groups is 1. The van der Waals surface area contributed by atoms with E-state index in [1.165, 1.54) is 11.1 Å². The number of benzene rings is 1. The molecule has 1 N–H and O–H groups in total. The molecule has 0 unspecified atom stereocenters. The van der Waals surface area contributed by atoms with E-state index in [1.54, 1.807) is 0 Å². The minimum Gasteiger partial charge on any atom is -0.342 e. The van der Waals surface area contributed by atoms with Gasteiger partial charge < -0.3 is 10.2 Å². The van der Waals surface area contributed by atoms with Crippen LogP contribution in [0.5, 0.6) is 0 Å². The third kappa shape index (κ3) is 4.06. The SMILES string of the molecule is CNC[C@@H]1CCN(C(=O)CCc2ccc(Br)c(C)c2)C1. The van der Waals surface area contributed by atoms with Crippen LogP contribution in [0.4, 0.5) is 0 Å². The summed E-state index contributed by atoms with van der Waals surface area (Å²) in [4.78, 5) is 14.2. The summed E-state index contributed by atoms with van der Waals surface area (Å²) < 4.78 is 1.13. The normalized spacial score (nSPS) is 18.6. The first-order valence-corrected chi connectivity index (χ1v) is 8.07. The number of halogens is 1. The van der Waals surface area contributed by atoms with Crippen molar-refractivity contribution in [2.24, 2.45) is 5.92 Å². The van der Waals surface area contributed by atoms with Crippen LogP contribution in [0.15, 0.2) is 22.7 Å². The lowest BCUT2D eigenvalue weighted by atomic mass is 10.1. The smallest absolute Gasteiger partial charge is 0.222 e. The van der Waals surface area contributed by atoms with Gasteiger partial charge in [0.2, 0.25) is 5.91 Å². The second-order valence-electron chi connectivity index (χ2n) is 5.64. The average molecular weight is 339 g/mol. The number of carbonyl (C=O) groups excluding carboxylic acids is 1. The van der Waals surface area contributed by atoms with Crippen molar-refractivity contribution in [3.05, 3.63) is 33.8 Å². The largest absolute Gasteiger partial charge is 0.342 e. The summed E-state index contributed by atoms with van der Waals surface area (Å²) >= 11 is 3.50. The van der Waals surface area contributed by atoms with E-state index in [2.05, 4.69) is 46.4 Å². The predicted octanol–water partition coefficient (Wildman–Crippen LogP) is 2.76. The molecule has 0 saturated carbocycles. The fourth-order valence-corrected chi connectivity index (χ4v) is 3.03. The fourth-order valence-electron chi connectivity index (χ4n) is 2.79. The van der Waals surface area contributed by atoms with E-state index in [0.717, 1.165) is 36.9 Å². The molecule has 2 rings (SSSR count). The van der Waals surface area contributed by atoms with Crippen molar-refractivity contribution in [2.75, 3.05) is 26.7 Å². The van der Waals surface area contributed by atoms with Gasteiger partial charge in [-0.2, -0.15) is 0 Å². The van der Waals surface area contributed by atoms with Crippen molar-refractivity contribution in [2.45, 2.75) is 26.2 Å². The van der Waals surface area contributed by atoms with E-state index in [-0.39, 0.29) is 0 Å². The molecule has 1 aromatic carbocycles. The van der Waals surface area contributed by atoms with Gasteiger partial charge in [0.05, 0.1) is 0 Å². The number of nitrogens with one attached hydrogen (secondary N) is 1. The highest BCUT2D eigenvalue weighted by Gasteiger charge is 2.25. The van der Waals surface area contributed by atoms with Crippen LogP contribution in [0.3, 0.4) is 0 Å². The van der Waals surface area contributed by atoms with Gasteiger partial charge >= 0.3 is 0 Å². The maximum Gasteiger partial charge on any atom is 0.222 e. The fraction of sp³-hybridized carbons (Fsp3) is 0.562. The molecule has 110 valence electrons. The number of nitrogens with zero attached hydrogens (tertiary/aromatic N) is 1. The molecule has 3 nitrogen and oxygen atoms in total. The monoisotopic (exact) mass is 338 g/mol. The van der Waals surface area contributed by atoms with E-state index in [0.29, 0.717) is 18.2 Å². The molecule has 1 amide bonds. The van der Waals surface area contributed by atoms with Crippen LogP contribution in [-0.4, -0.2) is 37.5 Å². The molecule has 20 heavy (non-hydrogen) atoms. The van der Waals surface area contributed by atoms with Gasteiger partial charge in [0, 0.05) is 24.0 Å². The molecule has 1 heterocycles. The van der Waals surface area contributed by atoms with Gasteiger partial charge in [0.15, 0.2) is 0 Å². The molecule has 1 aromatic rings. The second-order valence-corrected chi connectivity index (χ2v) is 6.49. The molecule has 0 spiro atoms. The third-order valence-corrected chi connectivity index (χ3v) is 4.87. The standard InChI is InChI=1S/C16H23BrN2O/c1-12-9-13(3-5-15(12)17)4-6-16(20)19-8-7-14(11-19)10-18-2/h3,5,9,14,18H,4,6-8,10-11H2,1-2H3/t14-/m0/s1. The molecule has 0 bridgehead atoms. The van der Waals surface area contributed by atoms with E-state index >= 15 is 0 Å².